The van der Waals surface area contributed by atoms with E-state index in [1.54, 1.807) is 32.1 Å². The van der Waals surface area contributed by atoms with Gasteiger partial charge in [0.15, 0.2) is 0 Å². The van der Waals surface area contributed by atoms with Crippen LogP contribution in [0.3, 0.4) is 0 Å². The van der Waals surface area contributed by atoms with E-state index in [2.05, 4.69) is 13.8 Å². The Balaban J connectivity index is 1.51. The maximum absolute atomic E-state index is 13.6. The van der Waals surface area contributed by atoms with Crippen LogP contribution < -0.4 is 0 Å². The highest BCUT2D eigenvalue weighted by Gasteiger charge is 2.34. The molecule has 10 heteroatoms. The Labute approximate surface area is 259 Å². The lowest BCUT2D eigenvalue weighted by Gasteiger charge is -2.26. The summed E-state index contributed by atoms with van der Waals surface area (Å²) in [5.41, 5.74) is 2.87. The standard InChI is InChI=1S/C32H38N4O3S3/c1-3-5-13-24(4-2)22-35-31(37)29(41-32(35)40)21-26-23-36(27-15-8-6-9-16-27)33-30(26)25-14-12-17-28(20-25)42(38,39)34-18-10-7-11-19-34/h6,8-9,12,14-17,20-21,23-24H,3-5,7,10-11,13,18-19,22H2,1-2H3. The monoisotopic (exact) mass is 622 g/mol. The number of unbranched alkanes of at least 4 members (excludes halogenated alkanes) is 1. The smallest absolute Gasteiger partial charge is 0.266 e. The van der Waals surface area contributed by atoms with E-state index in [0.717, 1.165) is 56.2 Å². The first kappa shape index (κ1) is 30.7. The summed E-state index contributed by atoms with van der Waals surface area (Å²) in [4.78, 5) is 16.1. The maximum Gasteiger partial charge on any atom is 0.266 e. The molecule has 1 aromatic heterocycles. The topological polar surface area (TPSA) is 75.5 Å². The van der Waals surface area contributed by atoms with Gasteiger partial charge in [-0.05, 0) is 55.5 Å². The molecular weight excluding hydrogens is 585 g/mol. The molecule has 3 heterocycles. The molecule has 0 bridgehead atoms. The van der Waals surface area contributed by atoms with Crippen LogP contribution >= 0.6 is 24.0 Å². The average Bonchev–Trinajstić information content (AvgIpc) is 3.56. The number of para-hydroxylation sites is 1. The minimum absolute atomic E-state index is 0.0835. The molecule has 2 fully saturated rings. The van der Waals surface area contributed by atoms with E-state index in [-0.39, 0.29) is 10.8 Å². The van der Waals surface area contributed by atoms with E-state index in [1.165, 1.54) is 11.8 Å². The van der Waals surface area contributed by atoms with Gasteiger partial charge in [0, 0.05) is 37.0 Å². The summed E-state index contributed by atoms with van der Waals surface area (Å²) in [6.07, 6.45) is 10.9. The molecule has 3 aromatic rings. The fraction of sp³-hybridized carbons (Fsp3) is 0.406. The molecule has 0 radical (unpaired) electrons. The van der Waals surface area contributed by atoms with Gasteiger partial charge in [-0.15, -0.1) is 0 Å². The summed E-state index contributed by atoms with van der Waals surface area (Å²) in [5, 5.41) is 4.88. The number of amides is 1. The Kier molecular flexibility index (Phi) is 9.98. The summed E-state index contributed by atoms with van der Waals surface area (Å²) in [7, 11) is -3.62. The van der Waals surface area contributed by atoms with Crippen molar-refractivity contribution in [3.05, 3.63) is 71.3 Å². The van der Waals surface area contributed by atoms with Gasteiger partial charge in [0.05, 0.1) is 15.5 Å². The number of thioether (sulfide) groups is 1. The Morgan fingerprint density at radius 1 is 1.05 bits per heavy atom. The van der Waals surface area contributed by atoms with Crippen molar-refractivity contribution in [2.24, 2.45) is 5.92 Å². The first-order valence-corrected chi connectivity index (χ1v) is 17.5. The van der Waals surface area contributed by atoms with E-state index < -0.39 is 10.0 Å². The van der Waals surface area contributed by atoms with Crippen molar-refractivity contribution in [3.8, 4) is 16.9 Å². The maximum atomic E-state index is 13.6. The van der Waals surface area contributed by atoms with Gasteiger partial charge < -0.3 is 0 Å². The number of piperidine rings is 1. The minimum atomic E-state index is -3.62. The highest BCUT2D eigenvalue weighted by molar-refractivity contribution is 8.26. The van der Waals surface area contributed by atoms with Crippen molar-refractivity contribution in [1.82, 2.24) is 19.0 Å². The molecule has 1 amide bonds. The molecule has 0 saturated carbocycles. The van der Waals surface area contributed by atoms with E-state index in [0.29, 0.717) is 46.0 Å². The van der Waals surface area contributed by atoms with Gasteiger partial charge in [0.2, 0.25) is 10.0 Å². The second kappa shape index (κ2) is 13.7. The van der Waals surface area contributed by atoms with Gasteiger partial charge in [-0.3, -0.25) is 9.69 Å². The number of aromatic nitrogens is 2. The quantitative estimate of drug-likeness (QED) is 0.167. The zero-order valence-corrected chi connectivity index (χ0v) is 26.7. The summed E-state index contributed by atoms with van der Waals surface area (Å²) in [6, 6.07) is 16.7. The van der Waals surface area contributed by atoms with Crippen LogP contribution in [0.5, 0.6) is 0 Å². The van der Waals surface area contributed by atoms with Gasteiger partial charge in [0.1, 0.15) is 10.0 Å². The molecule has 5 rings (SSSR count). The minimum Gasteiger partial charge on any atom is -0.293 e. The van der Waals surface area contributed by atoms with Gasteiger partial charge in [-0.25, -0.2) is 13.1 Å². The van der Waals surface area contributed by atoms with Crippen molar-refractivity contribution in [1.29, 1.82) is 0 Å². The van der Waals surface area contributed by atoms with E-state index in [1.807, 2.05) is 48.7 Å². The number of thiocarbonyl (C=S) groups is 1. The highest BCUT2D eigenvalue weighted by atomic mass is 32.2. The summed E-state index contributed by atoms with van der Waals surface area (Å²) in [6.45, 7) is 6.06. The lowest BCUT2D eigenvalue weighted by molar-refractivity contribution is -0.122. The Hall–Kier alpha value is -2.79. The van der Waals surface area contributed by atoms with Gasteiger partial charge in [0.25, 0.3) is 5.91 Å². The first-order chi connectivity index (χ1) is 20.3. The number of carbonyl (C=O) groups excluding carboxylic acids is 1. The van der Waals surface area contributed by atoms with Crippen LogP contribution in [0.25, 0.3) is 23.0 Å². The molecule has 2 saturated heterocycles. The molecule has 1 atom stereocenters. The lowest BCUT2D eigenvalue weighted by atomic mass is 9.99. The molecular formula is C32H38N4O3S3. The van der Waals surface area contributed by atoms with Gasteiger partial charge in [-0.2, -0.15) is 9.40 Å². The summed E-state index contributed by atoms with van der Waals surface area (Å²) in [5.74, 6) is 0.326. The number of rotatable bonds is 11. The predicted octanol–water partition coefficient (Wildman–Crippen LogP) is 7.13. The van der Waals surface area contributed by atoms with Crippen molar-refractivity contribution in [2.75, 3.05) is 19.6 Å². The molecule has 2 aliphatic heterocycles. The SMILES string of the molecule is CCCCC(CC)CN1C(=O)C(=Cc2cn(-c3ccccc3)nc2-c2cccc(S(=O)(=O)N3CCCCC3)c2)SC1=S. The third kappa shape index (κ3) is 6.72. The summed E-state index contributed by atoms with van der Waals surface area (Å²) < 4.78 is 30.9. The van der Waals surface area contributed by atoms with Crippen LogP contribution in [0, 0.1) is 5.92 Å². The largest absolute Gasteiger partial charge is 0.293 e. The van der Waals surface area contributed by atoms with Crippen LogP contribution in [0.15, 0.2) is 70.6 Å². The van der Waals surface area contributed by atoms with Crippen molar-refractivity contribution in [3.63, 3.8) is 0 Å². The molecule has 7 nitrogen and oxygen atoms in total. The van der Waals surface area contributed by atoms with Crippen LogP contribution in [0.2, 0.25) is 0 Å². The van der Waals surface area contributed by atoms with E-state index >= 15 is 0 Å². The molecule has 0 N–H and O–H groups in total. The molecule has 42 heavy (non-hydrogen) atoms. The lowest BCUT2D eigenvalue weighted by Crippen LogP contribution is -2.35. The number of nitrogens with zero attached hydrogens (tertiary/aromatic N) is 4. The number of hydrogen-bond acceptors (Lipinski definition) is 6. The molecule has 2 aliphatic rings. The van der Waals surface area contributed by atoms with E-state index in [9.17, 15) is 13.2 Å². The molecule has 2 aromatic carbocycles. The average molecular weight is 623 g/mol. The normalized spacial score (nSPS) is 18.2. The summed E-state index contributed by atoms with van der Waals surface area (Å²) >= 11 is 6.97. The van der Waals surface area contributed by atoms with Gasteiger partial charge in [-0.1, -0.05) is 93.8 Å². The van der Waals surface area contributed by atoms with E-state index in [4.69, 9.17) is 17.3 Å². The Morgan fingerprint density at radius 2 is 1.81 bits per heavy atom. The Bertz CT molecular complexity index is 1560. The molecule has 222 valence electrons. The number of sulfonamides is 1. The number of hydrogen-bond donors (Lipinski definition) is 0. The van der Waals surface area contributed by atoms with Crippen LogP contribution in [-0.2, 0) is 14.8 Å². The Morgan fingerprint density at radius 3 is 2.52 bits per heavy atom. The predicted molar refractivity (Wildman–Crippen MR) is 175 cm³/mol. The van der Waals surface area contributed by atoms with Gasteiger partial charge >= 0.3 is 0 Å². The van der Waals surface area contributed by atoms with Crippen LogP contribution in [-0.4, -0.2) is 57.3 Å². The first-order valence-electron chi connectivity index (χ1n) is 14.8. The number of benzene rings is 2. The van der Waals surface area contributed by atoms with Crippen molar-refractivity contribution < 1.29 is 13.2 Å². The molecule has 0 aliphatic carbocycles. The molecule has 1 unspecified atom stereocenters. The molecule has 0 spiro atoms. The number of carbonyl (C=O) groups is 1. The third-order valence-electron chi connectivity index (χ3n) is 7.97. The van der Waals surface area contributed by atoms with Crippen LogP contribution in [0.1, 0.15) is 64.4 Å². The fourth-order valence-corrected chi connectivity index (χ4v) is 8.29. The zero-order chi connectivity index (χ0) is 29.7. The van der Waals surface area contributed by atoms with Crippen LogP contribution in [0.4, 0.5) is 0 Å². The second-order valence-corrected chi connectivity index (χ2v) is 14.5. The second-order valence-electron chi connectivity index (χ2n) is 10.9. The zero-order valence-electron chi connectivity index (χ0n) is 24.2. The highest BCUT2D eigenvalue weighted by Crippen LogP contribution is 2.36. The third-order valence-corrected chi connectivity index (χ3v) is 11.2. The fourth-order valence-electron chi connectivity index (χ4n) is 5.46. The van der Waals surface area contributed by atoms with Crippen molar-refractivity contribution >= 4 is 50.3 Å². The van der Waals surface area contributed by atoms with Crippen molar-refractivity contribution in [2.45, 2.75) is 63.7 Å².